The van der Waals surface area contributed by atoms with Crippen LogP contribution in [0.2, 0.25) is 10.3 Å². The Kier molecular flexibility index (Phi) is 2.86. The third-order valence-electron chi connectivity index (χ3n) is 1.43. The Morgan fingerprint density at radius 2 is 2.15 bits per heavy atom. The zero-order chi connectivity index (χ0) is 10.0. The number of rotatable bonds is 1. The molecule has 0 aromatic carbocycles. The van der Waals surface area contributed by atoms with Crippen LogP contribution < -0.4 is 0 Å². The fourth-order valence-corrected chi connectivity index (χ4v) is 1.29. The maximum absolute atomic E-state index is 11.0. The van der Waals surface area contributed by atoms with Gasteiger partial charge >= 0.3 is 0 Å². The number of hydrogen-bond acceptors (Lipinski definition) is 3. The second-order valence-electron chi connectivity index (χ2n) is 2.33. The van der Waals surface area contributed by atoms with E-state index in [1.165, 1.54) is 13.0 Å². The van der Waals surface area contributed by atoms with E-state index in [4.69, 9.17) is 28.5 Å². The van der Waals surface area contributed by atoms with Gasteiger partial charge in [0.05, 0.1) is 11.1 Å². The molecule has 0 aliphatic heterocycles. The largest absolute Gasteiger partial charge is 0.294 e. The van der Waals surface area contributed by atoms with Crippen LogP contribution in [0, 0.1) is 11.3 Å². The Hall–Kier alpha value is -1.11. The Morgan fingerprint density at radius 3 is 2.62 bits per heavy atom. The van der Waals surface area contributed by atoms with Gasteiger partial charge in [0.2, 0.25) is 0 Å². The number of ketones is 1. The maximum atomic E-state index is 11.0. The minimum absolute atomic E-state index is 0.0116. The first kappa shape index (κ1) is 9.97. The summed E-state index contributed by atoms with van der Waals surface area (Å²) in [6.45, 7) is 1.35. The Bertz CT molecular complexity index is 409. The number of hydrogen-bond donors (Lipinski definition) is 0. The molecule has 1 aromatic heterocycles. The summed E-state index contributed by atoms with van der Waals surface area (Å²) in [5.41, 5.74) is 0.360. The lowest BCUT2D eigenvalue weighted by Gasteiger charge is -2.00. The van der Waals surface area contributed by atoms with Crippen molar-refractivity contribution in [2.75, 3.05) is 0 Å². The SMILES string of the molecule is CC(=O)c1cc(C#N)c(Cl)nc1Cl. The minimum atomic E-state index is -0.245. The molecule has 0 saturated carbocycles. The average molecular weight is 215 g/mol. The zero-order valence-electron chi connectivity index (χ0n) is 6.64. The molecule has 0 amide bonds. The van der Waals surface area contributed by atoms with Crippen LogP contribution in [-0.2, 0) is 0 Å². The number of nitrogens with zero attached hydrogens (tertiary/aromatic N) is 2. The molecule has 0 atom stereocenters. The molecule has 0 N–H and O–H groups in total. The first-order valence-electron chi connectivity index (χ1n) is 3.33. The summed E-state index contributed by atoms with van der Waals surface area (Å²) in [5.74, 6) is -0.245. The smallest absolute Gasteiger partial charge is 0.162 e. The van der Waals surface area contributed by atoms with Crippen LogP contribution >= 0.6 is 23.2 Å². The van der Waals surface area contributed by atoms with Crippen molar-refractivity contribution in [3.63, 3.8) is 0 Å². The maximum Gasteiger partial charge on any atom is 0.162 e. The van der Waals surface area contributed by atoms with Crippen molar-refractivity contribution >= 4 is 29.0 Å². The number of aromatic nitrogens is 1. The molecule has 0 unspecified atom stereocenters. The number of Topliss-reactive ketones (excluding diaryl/α,β-unsaturated/α-hetero) is 1. The molecule has 3 nitrogen and oxygen atoms in total. The predicted molar refractivity (Wildman–Crippen MR) is 49.0 cm³/mol. The van der Waals surface area contributed by atoms with E-state index < -0.39 is 0 Å². The van der Waals surface area contributed by atoms with Gasteiger partial charge in [-0.3, -0.25) is 4.79 Å². The highest BCUT2D eigenvalue weighted by Gasteiger charge is 2.11. The third kappa shape index (κ3) is 1.97. The average Bonchev–Trinajstić information content (AvgIpc) is 2.03. The van der Waals surface area contributed by atoms with Crippen molar-refractivity contribution in [3.8, 4) is 6.07 Å². The van der Waals surface area contributed by atoms with Crippen molar-refractivity contribution < 1.29 is 4.79 Å². The monoisotopic (exact) mass is 214 g/mol. The Morgan fingerprint density at radius 1 is 1.54 bits per heavy atom. The second-order valence-corrected chi connectivity index (χ2v) is 3.05. The topological polar surface area (TPSA) is 53.8 Å². The molecule has 0 fully saturated rings. The van der Waals surface area contributed by atoms with Crippen molar-refractivity contribution in [1.29, 1.82) is 5.26 Å². The third-order valence-corrected chi connectivity index (χ3v) is 2.01. The number of nitriles is 1. The summed E-state index contributed by atoms with van der Waals surface area (Å²) in [4.78, 5) is 14.6. The van der Waals surface area contributed by atoms with Gasteiger partial charge in [0.1, 0.15) is 16.4 Å². The van der Waals surface area contributed by atoms with Crippen LogP contribution in [0.1, 0.15) is 22.8 Å². The number of carbonyl (C=O) groups is 1. The molecule has 1 heterocycles. The van der Waals surface area contributed by atoms with Crippen LogP contribution in [0.25, 0.3) is 0 Å². The van der Waals surface area contributed by atoms with Crippen molar-refractivity contribution in [3.05, 3.63) is 27.5 Å². The molecule has 13 heavy (non-hydrogen) atoms. The molecule has 0 radical (unpaired) electrons. The normalized spacial score (nSPS) is 9.38. The molecule has 0 bridgehead atoms. The summed E-state index contributed by atoms with van der Waals surface area (Å²) in [5, 5.41) is 8.62. The van der Waals surface area contributed by atoms with Gasteiger partial charge in [-0.2, -0.15) is 5.26 Å². The van der Waals surface area contributed by atoms with E-state index in [-0.39, 0.29) is 27.2 Å². The summed E-state index contributed by atoms with van der Waals surface area (Å²) in [6.07, 6.45) is 0. The van der Waals surface area contributed by atoms with Crippen LogP contribution in [0.5, 0.6) is 0 Å². The van der Waals surface area contributed by atoms with E-state index in [2.05, 4.69) is 4.98 Å². The summed E-state index contributed by atoms with van der Waals surface area (Å²) in [7, 11) is 0. The lowest BCUT2D eigenvalue weighted by Crippen LogP contribution is -1.97. The van der Waals surface area contributed by atoms with Gasteiger partial charge in [-0.05, 0) is 13.0 Å². The first-order valence-corrected chi connectivity index (χ1v) is 4.09. The fourth-order valence-electron chi connectivity index (χ4n) is 0.795. The van der Waals surface area contributed by atoms with Gasteiger partial charge in [-0.1, -0.05) is 23.2 Å². The van der Waals surface area contributed by atoms with E-state index in [1.54, 1.807) is 0 Å². The number of pyridine rings is 1. The lowest BCUT2D eigenvalue weighted by atomic mass is 10.1. The van der Waals surface area contributed by atoms with Gasteiger partial charge in [0.25, 0.3) is 0 Å². The second kappa shape index (κ2) is 3.73. The van der Waals surface area contributed by atoms with Gasteiger partial charge in [0.15, 0.2) is 5.78 Å². The quantitative estimate of drug-likeness (QED) is 0.534. The molecule has 1 aromatic rings. The molecule has 0 aliphatic rings. The van der Waals surface area contributed by atoms with E-state index in [0.29, 0.717) is 0 Å². The summed E-state index contributed by atoms with van der Waals surface area (Å²) in [6, 6.07) is 3.15. The minimum Gasteiger partial charge on any atom is -0.294 e. The summed E-state index contributed by atoms with van der Waals surface area (Å²) >= 11 is 11.2. The van der Waals surface area contributed by atoms with Gasteiger partial charge in [-0.25, -0.2) is 4.98 Å². The Balaban J connectivity index is 3.41. The fraction of sp³-hybridized carbons (Fsp3) is 0.125. The zero-order valence-corrected chi connectivity index (χ0v) is 8.15. The molecule has 5 heteroatoms. The number of carbonyl (C=O) groups excluding carboxylic acids is 1. The van der Waals surface area contributed by atoms with Crippen LogP contribution in [0.4, 0.5) is 0 Å². The van der Waals surface area contributed by atoms with Crippen molar-refractivity contribution in [1.82, 2.24) is 4.98 Å². The van der Waals surface area contributed by atoms with Crippen molar-refractivity contribution in [2.45, 2.75) is 6.92 Å². The lowest BCUT2D eigenvalue weighted by molar-refractivity contribution is 0.101. The first-order chi connectivity index (χ1) is 6.06. The summed E-state index contributed by atoms with van der Waals surface area (Å²) < 4.78 is 0. The highest BCUT2D eigenvalue weighted by atomic mass is 35.5. The van der Waals surface area contributed by atoms with Crippen LogP contribution in [0.15, 0.2) is 6.07 Å². The molecule has 1 rings (SSSR count). The van der Waals surface area contributed by atoms with E-state index in [0.717, 1.165) is 0 Å². The van der Waals surface area contributed by atoms with E-state index in [1.807, 2.05) is 6.07 Å². The highest BCUT2D eigenvalue weighted by Crippen LogP contribution is 2.21. The molecular formula is C8H4Cl2N2O. The van der Waals surface area contributed by atoms with Gasteiger partial charge in [-0.15, -0.1) is 0 Å². The molecule has 0 aliphatic carbocycles. The van der Waals surface area contributed by atoms with Crippen molar-refractivity contribution in [2.24, 2.45) is 0 Å². The van der Waals surface area contributed by atoms with Crippen LogP contribution in [-0.4, -0.2) is 10.8 Å². The highest BCUT2D eigenvalue weighted by molar-refractivity contribution is 6.35. The molecule has 0 saturated heterocycles. The molecular weight excluding hydrogens is 211 g/mol. The van der Waals surface area contributed by atoms with Gasteiger partial charge < -0.3 is 0 Å². The van der Waals surface area contributed by atoms with Gasteiger partial charge in [0, 0.05) is 0 Å². The number of halogens is 2. The predicted octanol–water partition coefficient (Wildman–Crippen LogP) is 2.46. The Labute approximate surface area is 84.9 Å². The van der Waals surface area contributed by atoms with E-state index >= 15 is 0 Å². The molecule has 66 valence electrons. The van der Waals surface area contributed by atoms with E-state index in [9.17, 15) is 4.79 Å². The van der Waals surface area contributed by atoms with Crippen LogP contribution in [0.3, 0.4) is 0 Å². The molecule has 0 spiro atoms. The standard InChI is InChI=1S/C8H4Cl2N2O/c1-4(13)6-2-5(3-11)7(9)12-8(6)10/h2H,1H3.